The normalized spacial score (nSPS) is 16.6. The van der Waals surface area contributed by atoms with Gasteiger partial charge >= 0.3 is 0 Å². The van der Waals surface area contributed by atoms with E-state index in [0.717, 1.165) is 19.4 Å². The van der Waals surface area contributed by atoms with Crippen molar-refractivity contribution in [2.24, 2.45) is 0 Å². The third kappa shape index (κ3) is 1.70. The van der Waals surface area contributed by atoms with Crippen molar-refractivity contribution in [2.75, 3.05) is 11.4 Å². The number of benzene rings is 3. The van der Waals surface area contributed by atoms with E-state index >= 15 is 0 Å². The number of anilines is 2. The summed E-state index contributed by atoms with van der Waals surface area (Å²) in [6.07, 6.45) is 2.21. The van der Waals surface area contributed by atoms with Gasteiger partial charge < -0.3 is 4.90 Å². The summed E-state index contributed by atoms with van der Waals surface area (Å²) >= 11 is 0. The Kier molecular flexibility index (Phi) is 2.87. The molecule has 24 heavy (non-hydrogen) atoms. The van der Waals surface area contributed by atoms with Crippen molar-refractivity contribution in [1.29, 1.82) is 0 Å². The monoisotopic (exact) mass is 311 g/mol. The van der Waals surface area contributed by atoms with Gasteiger partial charge in [-0.1, -0.05) is 60.7 Å². The smallest absolute Gasteiger partial charge is 0.0452 e. The molecule has 0 saturated carbocycles. The average molecular weight is 311 g/mol. The lowest BCUT2D eigenvalue weighted by molar-refractivity contribution is 0.539. The van der Waals surface area contributed by atoms with Crippen LogP contribution in [-0.4, -0.2) is 6.54 Å². The molecule has 1 aliphatic carbocycles. The molecule has 2 aliphatic rings. The molecule has 0 fully saturated rings. The van der Waals surface area contributed by atoms with Crippen LogP contribution in [0.1, 0.15) is 29.2 Å². The van der Waals surface area contributed by atoms with Crippen LogP contribution in [0.15, 0.2) is 72.8 Å². The Hall–Kier alpha value is -2.54. The van der Waals surface area contributed by atoms with Gasteiger partial charge in [-0.3, -0.25) is 0 Å². The van der Waals surface area contributed by atoms with Crippen molar-refractivity contribution in [3.8, 4) is 0 Å². The van der Waals surface area contributed by atoms with Gasteiger partial charge in [-0.05, 0) is 54.2 Å². The van der Waals surface area contributed by atoms with Crippen molar-refractivity contribution >= 4 is 11.4 Å². The largest absolute Gasteiger partial charge is 0.341 e. The first-order valence-electron chi connectivity index (χ1n) is 8.87. The third-order valence-corrected chi connectivity index (χ3v) is 5.84. The Morgan fingerprint density at radius 1 is 0.708 bits per heavy atom. The number of para-hydroxylation sites is 2. The molecule has 0 amide bonds. The SMILES string of the molecule is CCN1c2ccccc2C2(Cc3ccccc3C2)c2ccccc21. The van der Waals surface area contributed by atoms with Gasteiger partial charge in [0, 0.05) is 23.3 Å². The van der Waals surface area contributed by atoms with Crippen LogP contribution < -0.4 is 4.90 Å². The van der Waals surface area contributed by atoms with Crippen LogP contribution in [0, 0.1) is 0 Å². The van der Waals surface area contributed by atoms with E-state index in [0.29, 0.717) is 0 Å². The lowest BCUT2D eigenvalue weighted by atomic mass is 9.68. The standard InChI is InChI=1S/C23H21N/c1-2-24-21-13-7-5-11-19(21)23(20-12-6-8-14-22(20)24)15-17-9-3-4-10-18(17)16-23/h3-14H,2,15-16H2,1H3. The Morgan fingerprint density at radius 2 is 1.17 bits per heavy atom. The summed E-state index contributed by atoms with van der Waals surface area (Å²) < 4.78 is 0. The molecule has 5 rings (SSSR count). The summed E-state index contributed by atoms with van der Waals surface area (Å²) in [4.78, 5) is 2.47. The Morgan fingerprint density at radius 3 is 1.67 bits per heavy atom. The second-order valence-corrected chi connectivity index (χ2v) is 6.98. The van der Waals surface area contributed by atoms with Gasteiger partial charge in [0.1, 0.15) is 0 Å². The molecule has 118 valence electrons. The minimum Gasteiger partial charge on any atom is -0.341 e. The van der Waals surface area contributed by atoms with Crippen LogP contribution in [0.3, 0.4) is 0 Å². The topological polar surface area (TPSA) is 3.24 Å². The summed E-state index contributed by atoms with van der Waals surface area (Å²) in [5, 5.41) is 0. The summed E-state index contributed by atoms with van der Waals surface area (Å²) in [6.45, 7) is 3.24. The van der Waals surface area contributed by atoms with E-state index in [9.17, 15) is 0 Å². The number of hydrogen-bond acceptors (Lipinski definition) is 1. The molecule has 0 bridgehead atoms. The lowest BCUT2D eigenvalue weighted by Gasteiger charge is -2.43. The molecule has 1 heteroatoms. The van der Waals surface area contributed by atoms with E-state index in [1.165, 1.54) is 33.6 Å². The highest BCUT2D eigenvalue weighted by Gasteiger charge is 2.46. The van der Waals surface area contributed by atoms with Crippen LogP contribution in [0.25, 0.3) is 0 Å². The molecule has 1 heterocycles. The Labute approximate surface area is 143 Å². The zero-order chi connectivity index (χ0) is 16.1. The number of rotatable bonds is 1. The number of hydrogen-bond donors (Lipinski definition) is 0. The maximum atomic E-state index is 2.47. The first-order chi connectivity index (χ1) is 11.8. The molecule has 3 aromatic carbocycles. The van der Waals surface area contributed by atoms with E-state index in [1.54, 1.807) is 0 Å². The van der Waals surface area contributed by atoms with Gasteiger partial charge in [0.25, 0.3) is 0 Å². The maximum absolute atomic E-state index is 2.47. The molecule has 0 radical (unpaired) electrons. The fourth-order valence-electron chi connectivity index (χ4n) is 4.84. The van der Waals surface area contributed by atoms with Gasteiger partial charge in [-0.15, -0.1) is 0 Å². The zero-order valence-electron chi connectivity index (χ0n) is 14.0. The van der Waals surface area contributed by atoms with Gasteiger partial charge in [-0.2, -0.15) is 0 Å². The van der Waals surface area contributed by atoms with Gasteiger partial charge in [0.2, 0.25) is 0 Å². The highest BCUT2D eigenvalue weighted by molar-refractivity contribution is 5.79. The molecule has 0 unspecified atom stereocenters. The lowest BCUT2D eigenvalue weighted by Crippen LogP contribution is -2.37. The molecule has 0 saturated heterocycles. The first kappa shape index (κ1) is 13.9. The average Bonchev–Trinajstić information content (AvgIpc) is 3.03. The van der Waals surface area contributed by atoms with Crippen LogP contribution in [0.4, 0.5) is 11.4 Å². The second-order valence-electron chi connectivity index (χ2n) is 6.98. The van der Waals surface area contributed by atoms with Gasteiger partial charge in [0.15, 0.2) is 0 Å². The zero-order valence-corrected chi connectivity index (χ0v) is 14.0. The van der Waals surface area contributed by atoms with Gasteiger partial charge in [0.05, 0.1) is 0 Å². The van der Waals surface area contributed by atoms with Crippen LogP contribution in [0.5, 0.6) is 0 Å². The fourth-order valence-corrected chi connectivity index (χ4v) is 4.84. The molecular weight excluding hydrogens is 290 g/mol. The van der Waals surface area contributed by atoms with Crippen molar-refractivity contribution in [3.05, 3.63) is 95.1 Å². The minimum absolute atomic E-state index is 0.0859. The minimum atomic E-state index is 0.0859. The summed E-state index contributed by atoms with van der Waals surface area (Å²) in [5.74, 6) is 0. The number of fused-ring (bicyclic) bond motifs is 5. The molecule has 0 atom stereocenters. The van der Waals surface area contributed by atoms with Crippen molar-refractivity contribution in [1.82, 2.24) is 0 Å². The second kappa shape index (κ2) is 4.98. The van der Waals surface area contributed by atoms with Crippen molar-refractivity contribution in [3.63, 3.8) is 0 Å². The quantitative estimate of drug-likeness (QED) is 0.594. The molecule has 1 aliphatic heterocycles. The molecule has 3 aromatic rings. The predicted molar refractivity (Wildman–Crippen MR) is 100 cm³/mol. The predicted octanol–water partition coefficient (Wildman–Crippen LogP) is 5.24. The van der Waals surface area contributed by atoms with E-state index in [1.807, 2.05) is 0 Å². The summed E-state index contributed by atoms with van der Waals surface area (Å²) in [5.41, 5.74) is 8.84. The van der Waals surface area contributed by atoms with E-state index in [-0.39, 0.29) is 5.41 Å². The van der Waals surface area contributed by atoms with E-state index < -0.39 is 0 Å². The van der Waals surface area contributed by atoms with E-state index in [2.05, 4.69) is 84.6 Å². The van der Waals surface area contributed by atoms with Crippen LogP contribution >= 0.6 is 0 Å². The van der Waals surface area contributed by atoms with Gasteiger partial charge in [-0.25, -0.2) is 0 Å². The fraction of sp³-hybridized carbons (Fsp3) is 0.217. The van der Waals surface area contributed by atoms with Crippen molar-refractivity contribution < 1.29 is 0 Å². The van der Waals surface area contributed by atoms with Crippen molar-refractivity contribution in [2.45, 2.75) is 25.2 Å². The third-order valence-electron chi connectivity index (χ3n) is 5.84. The van der Waals surface area contributed by atoms with Crippen LogP contribution in [-0.2, 0) is 18.3 Å². The Bertz CT molecular complexity index is 850. The molecule has 0 aromatic heterocycles. The highest BCUT2D eigenvalue weighted by atomic mass is 15.1. The van der Waals surface area contributed by atoms with Crippen LogP contribution in [0.2, 0.25) is 0 Å². The molecule has 0 N–H and O–H groups in total. The molecular formula is C23H21N. The summed E-state index contributed by atoms with van der Waals surface area (Å²) in [6, 6.07) is 27.0. The Balaban J connectivity index is 1.81. The molecule has 1 nitrogen and oxygen atoms in total. The van der Waals surface area contributed by atoms with E-state index in [4.69, 9.17) is 0 Å². The summed E-state index contributed by atoms with van der Waals surface area (Å²) in [7, 11) is 0. The molecule has 1 spiro atoms. The maximum Gasteiger partial charge on any atom is 0.0452 e. The highest BCUT2D eigenvalue weighted by Crippen LogP contribution is 2.54. The first-order valence-corrected chi connectivity index (χ1v) is 8.87. The number of nitrogens with zero attached hydrogens (tertiary/aromatic N) is 1.